The Hall–Kier alpha value is -4.01. The number of para-hydroxylation sites is 1. The minimum absolute atomic E-state index is 0.0553. The summed E-state index contributed by atoms with van der Waals surface area (Å²) < 4.78 is 16.5. The SMILES string of the molecule is C=CCNC(=O)N1CCN(c2nc3ccccc3c3nnc(-c4ccccc4F)n23)CC1C. The molecule has 1 aliphatic rings. The van der Waals surface area contributed by atoms with Crippen molar-refractivity contribution in [3.63, 3.8) is 0 Å². The van der Waals surface area contributed by atoms with E-state index in [1.165, 1.54) is 6.07 Å². The van der Waals surface area contributed by atoms with Crippen LogP contribution < -0.4 is 10.2 Å². The third-order valence-corrected chi connectivity index (χ3v) is 5.91. The van der Waals surface area contributed by atoms with Crippen LogP contribution in [0.2, 0.25) is 0 Å². The number of aromatic nitrogens is 4. The number of carbonyl (C=O) groups excluding carboxylic acids is 1. The Kier molecular flexibility index (Phi) is 5.37. The van der Waals surface area contributed by atoms with E-state index in [1.54, 1.807) is 24.3 Å². The van der Waals surface area contributed by atoms with Gasteiger partial charge in [0.1, 0.15) is 5.82 Å². The number of nitrogens with zero attached hydrogens (tertiary/aromatic N) is 6. The van der Waals surface area contributed by atoms with Gasteiger partial charge in [0.15, 0.2) is 11.5 Å². The largest absolute Gasteiger partial charge is 0.338 e. The smallest absolute Gasteiger partial charge is 0.318 e. The lowest BCUT2D eigenvalue weighted by Crippen LogP contribution is -2.57. The molecule has 9 heteroatoms. The van der Waals surface area contributed by atoms with Gasteiger partial charge in [0.2, 0.25) is 5.95 Å². The number of urea groups is 1. The van der Waals surface area contributed by atoms with Crippen molar-refractivity contribution in [1.82, 2.24) is 29.8 Å². The second kappa shape index (κ2) is 8.50. The Morgan fingerprint density at radius 2 is 1.97 bits per heavy atom. The van der Waals surface area contributed by atoms with Crippen molar-refractivity contribution in [3.8, 4) is 11.4 Å². The molecule has 2 amide bonds. The Labute approximate surface area is 190 Å². The Morgan fingerprint density at radius 1 is 1.18 bits per heavy atom. The molecule has 33 heavy (non-hydrogen) atoms. The van der Waals surface area contributed by atoms with Crippen LogP contribution in [-0.2, 0) is 0 Å². The summed E-state index contributed by atoms with van der Waals surface area (Å²) in [4.78, 5) is 21.3. The predicted molar refractivity (Wildman–Crippen MR) is 126 cm³/mol. The van der Waals surface area contributed by atoms with Crippen LogP contribution >= 0.6 is 0 Å². The maximum Gasteiger partial charge on any atom is 0.318 e. The fourth-order valence-corrected chi connectivity index (χ4v) is 4.30. The molecule has 3 heterocycles. The third-order valence-electron chi connectivity index (χ3n) is 5.91. The van der Waals surface area contributed by atoms with Crippen LogP contribution in [0.3, 0.4) is 0 Å². The van der Waals surface area contributed by atoms with Gasteiger partial charge >= 0.3 is 6.03 Å². The maximum atomic E-state index is 14.7. The van der Waals surface area contributed by atoms with Gasteiger partial charge in [0.05, 0.1) is 11.1 Å². The topological polar surface area (TPSA) is 78.7 Å². The Morgan fingerprint density at radius 3 is 2.76 bits per heavy atom. The van der Waals surface area contributed by atoms with E-state index in [2.05, 4.69) is 27.0 Å². The summed E-state index contributed by atoms with van der Waals surface area (Å²) in [5.74, 6) is 0.656. The molecule has 8 nitrogen and oxygen atoms in total. The van der Waals surface area contributed by atoms with E-state index in [-0.39, 0.29) is 17.9 Å². The van der Waals surface area contributed by atoms with Crippen molar-refractivity contribution >= 4 is 28.5 Å². The van der Waals surface area contributed by atoms with Gasteiger partial charge in [-0.15, -0.1) is 16.8 Å². The summed E-state index contributed by atoms with van der Waals surface area (Å²) in [6.07, 6.45) is 1.66. The third kappa shape index (κ3) is 3.65. The molecule has 1 unspecified atom stereocenters. The quantitative estimate of drug-likeness (QED) is 0.487. The molecule has 1 N–H and O–H groups in total. The van der Waals surface area contributed by atoms with Gasteiger partial charge in [-0.05, 0) is 31.2 Å². The van der Waals surface area contributed by atoms with E-state index in [1.807, 2.05) is 40.5 Å². The lowest BCUT2D eigenvalue weighted by Gasteiger charge is -2.40. The molecule has 1 saturated heterocycles. The molecular weight excluding hydrogens is 421 g/mol. The molecule has 5 rings (SSSR count). The molecule has 4 aromatic rings. The number of carbonyl (C=O) groups is 1. The van der Waals surface area contributed by atoms with Gasteiger partial charge in [-0.2, -0.15) is 0 Å². The van der Waals surface area contributed by atoms with Gasteiger partial charge in [-0.1, -0.05) is 30.3 Å². The van der Waals surface area contributed by atoms with Crippen molar-refractivity contribution in [2.24, 2.45) is 0 Å². The minimum atomic E-state index is -0.372. The lowest BCUT2D eigenvalue weighted by molar-refractivity contribution is 0.172. The first-order valence-electron chi connectivity index (χ1n) is 10.9. The average molecular weight is 446 g/mol. The van der Waals surface area contributed by atoms with Crippen molar-refractivity contribution < 1.29 is 9.18 Å². The average Bonchev–Trinajstić information content (AvgIpc) is 3.27. The highest BCUT2D eigenvalue weighted by Crippen LogP contribution is 2.30. The van der Waals surface area contributed by atoms with E-state index in [9.17, 15) is 9.18 Å². The van der Waals surface area contributed by atoms with Crippen molar-refractivity contribution in [2.75, 3.05) is 31.1 Å². The van der Waals surface area contributed by atoms with Gasteiger partial charge in [-0.25, -0.2) is 18.6 Å². The van der Waals surface area contributed by atoms with E-state index >= 15 is 0 Å². The van der Waals surface area contributed by atoms with Crippen LogP contribution in [0.4, 0.5) is 15.1 Å². The summed E-state index contributed by atoms with van der Waals surface area (Å²) in [7, 11) is 0. The van der Waals surface area contributed by atoms with E-state index in [0.29, 0.717) is 49.2 Å². The zero-order chi connectivity index (χ0) is 22.9. The number of fused-ring (bicyclic) bond motifs is 3. The summed E-state index contributed by atoms with van der Waals surface area (Å²) in [6.45, 7) is 7.73. The fourth-order valence-electron chi connectivity index (χ4n) is 4.30. The number of benzene rings is 2. The molecule has 1 fully saturated rings. The van der Waals surface area contributed by atoms with Gasteiger partial charge in [-0.3, -0.25) is 0 Å². The molecule has 0 bridgehead atoms. The van der Waals surface area contributed by atoms with Crippen LogP contribution in [0.1, 0.15) is 6.92 Å². The number of amides is 2. The van der Waals surface area contributed by atoms with Crippen molar-refractivity contribution in [1.29, 1.82) is 0 Å². The normalized spacial score (nSPS) is 16.4. The highest BCUT2D eigenvalue weighted by molar-refractivity contribution is 5.93. The van der Waals surface area contributed by atoms with Crippen LogP contribution in [0.5, 0.6) is 0 Å². The van der Waals surface area contributed by atoms with E-state index < -0.39 is 0 Å². The molecule has 0 saturated carbocycles. The monoisotopic (exact) mass is 445 g/mol. The molecule has 1 atom stereocenters. The van der Waals surface area contributed by atoms with Crippen LogP contribution in [0, 0.1) is 5.82 Å². The summed E-state index contributed by atoms with van der Waals surface area (Å²) >= 11 is 0. The summed E-state index contributed by atoms with van der Waals surface area (Å²) in [6, 6.07) is 14.1. The first-order valence-corrected chi connectivity index (χ1v) is 10.9. The molecule has 2 aromatic heterocycles. The molecule has 0 spiro atoms. The maximum absolute atomic E-state index is 14.7. The molecule has 0 aliphatic carbocycles. The summed E-state index contributed by atoms with van der Waals surface area (Å²) in [5.41, 5.74) is 1.76. The zero-order valence-corrected chi connectivity index (χ0v) is 18.3. The molecule has 1 aliphatic heterocycles. The number of anilines is 1. The van der Waals surface area contributed by atoms with E-state index in [4.69, 9.17) is 4.98 Å². The first kappa shape index (κ1) is 20.9. The number of rotatable bonds is 4. The zero-order valence-electron chi connectivity index (χ0n) is 18.3. The summed E-state index contributed by atoms with van der Waals surface area (Å²) in [5, 5.41) is 12.4. The number of halogens is 1. The highest BCUT2D eigenvalue weighted by atomic mass is 19.1. The standard InChI is InChI=1S/C24H24FN7O/c1-3-12-26-24(33)31-14-13-30(15-16(31)2)23-27-20-11-7-5-9-18(20)22-29-28-21(32(22)23)17-8-4-6-10-19(17)25/h3-11,16H,1,12-15H2,2H3,(H,26,33). The molecule has 2 aromatic carbocycles. The minimum Gasteiger partial charge on any atom is -0.338 e. The number of hydrogen-bond acceptors (Lipinski definition) is 5. The van der Waals surface area contributed by atoms with E-state index in [0.717, 1.165) is 10.9 Å². The second-order valence-electron chi connectivity index (χ2n) is 8.05. The Bertz CT molecular complexity index is 1350. The Balaban J connectivity index is 1.60. The lowest BCUT2D eigenvalue weighted by atomic mass is 10.2. The van der Waals surface area contributed by atoms with Crippen molar-refractivity contribution in [3.05, 3.63) is 67.0 Å². The van der Waals surface area contributed by atoms with Gasteiger partial charge < -0.3 is 15.1 Å². The molecular formula is C24H24FN7O. The number of hydrogen-bond donors (Lipinski definition) is 1. The van der Waals surface area contributed by atoms with Gasteiger partial charge in [0.25, 0.3) is 0 Å². The fraction of sp³-hybridized carbons (Fsp3) is 0.250. The van der Waals surface area contributed by atoms with Crippen molar-refractivity contribution in [2.45, 2.75) is 13.0 Å². The number of nitrogens with one attached hydrogen (secondary N) is 1. The highest BCUT2D eigenvalue weighted by Gasteiger charge is 2.30. The van der Waals surface area contributed by atoms with Crippen LogP contribution in [0.25, 0.3) is 27.9 Å². The van der Waals surface area contributed by atoms with Crippen LogP contribution in [0.15, 0.2) is 61.2 Å². The number of piperazine rings is 1. The molecule has 168 valence electrons. The molecule has 0 radical (unpaired) electrons. The van der Waals surface area contributed by atoms with Crippen LogP contribution in [-0.4, -0.2) is 62.7 Å². The first-order chi connectivity index (χ1) is 16.1. The predicted octanol–water partition coefficient (Wildman–Crippen LogP) is 3.49. The second-order valence-corrected chi connectivity index (χ2v) is 8.05. The van der Waals surface area contributed by atoms with Gasteiger partial charge in [0, 0.05) is 37.6 Å².